The third-order valence-electron chi connectivity index (χ3n) is 3.05. The number of aromatic carboxylic acids is 1. The Morgan fingerprint density at radius 1 is 1.53 bits per heavy atom. The third-order valence-corrected chi connectivity index (χ3v) is 4.27. The standard InChI is InChI=1S/C11H11ClN4O2S/c12-10-2-1-8(19-10)5-15-3-7(4-15)16-6-9(11(17)18)13-14-16/h1-2,6-7H,3-5H2,(H,17,18). The molecule has 3 heterocycles. The van der Waals surface area contributed by atoms with E-state index in [-0.39, 0.29) is 11.7 Å². The minimum Gasteiger partial charge on any atom is -0.476 e. The zero-order chi connectivity index (χ0) is 13.4. The predicted molar refractivity (Wildman–Crippen MR) is 70.6 cm³/mol. The van der Waals surface area contributed by atoms with Gasteiger partial charge in [0.05, 0.1) is 16.6 Å². The molecular weight excluding hydrogens is 288 g/mol. The van der Waals surface area contributed by atoms with Gasteiger partial charge in [0.1, 0.15) is 0 Å². The number of aromatic nitrogens is 3. The molecule has 0 radical (unpaired) electrons. The van der Waals surface area contributed by atoms with Crippen molar-refractivity contribution < 1.29 is 9.90 Å². The Kier molecular flexibility index (Phi) is 3.26. The molecule has 2 aromatic heterocycles. The molecule has 1 fully saturated rings. The predicted octanol–water partition coefficient (Wildman–Crippen LogP) is 1.75. The van der Waals surface area contributed by atoms with Crippen LogP contribution in [0.4, 0.5) is 0 Å². The minimum absolute atomic E-state index is 0.0107. The summed E-state index contributed by atoms with van der Waals surface area (Å²) in [6.07, 6.45) is 1.48. The van der Waals surface area contributed by atoms with Crippen molar-refractivity contribution in [3.63, 3.8) is 0 Å². The normalized spacial score (nSPS) is 16.5. The molecule has 0 spiro atoms. The fourth-order valence-corrected chi connectivity index (χ4v) is 3.18. The number of hydrogen-bond acceptors (Lipinski definition) is 5. The molecule has 0 atom stereocenters. The average Bonchev–Trinajstić information content (AvgIpc) is 2.91. The Morgan fingerprint density at radius 2 is 2.32 bits per heavy atom. The van der Waals surface area contributed by atoms with Gasteiger partial charge in [-0.25, -0.2) is 9.48 Å². The molecule has 1 N–H and O–H groups in total. The van der Waals surface area contributed by atoms with E-state index >= 15 is 0 Å². The molecule has 0 bridgehead atoms. The van der Waals surface area contributed by atoms with Crippen LogP contribution in [0.1, 0.15) is 21.4 Å². The zero-order valence-corrected chi connectivity index (χ0v) is 11.4. The maximum absolute atomic E-state index is 10.7. The minimum atomic E-state index is -1.05. The molecule has 6 nitrogen and oxygen atoms in total. The molecule has 8 heteroatoms. The fourth-order valence-electron chi connectivity index (χ4n) is 2.05. The maximum Gasteiger partial charge on any atom is 0.358 e. The average molecular weight is 299 g/mol. The van der Waals surface area contributed by atoms with Crippen molar-refractivity contribution in [3.05, 3.63) is 33.2 Å². The van der Waals surface area contributed by atoms with Gasteiger partial charge >= 0.3 is 5.97 Å². The zero-order valence-electron chi connectivity index (χ0n) is 9.86. The number of likely N-dealkylation sites (tertiary alicyclic amines) is 1. The number of carboxylic acids is 1. The van der Waals surface area contributed by atoms with Gasteiger partial charge in [-0.1, -0.05) is 16.8 Å². The fraction of sp³-hybridized carbons (Fsp3) is 0.364. The summed E-state index contributed by atoms with van der Waals surface area (Å²) in [7, 11) is 0. The summed E-state index contributed by atoms with van der Waals surface area (Å²) in [5, 5.41) is 16.2. The lowest BCUT2D eigenvalue weighted by Crippen LogP contribution is -2.47. The Hall–Kier alpha value is -1.44. The molecular formula is C11H11ClN4O2S. The van der Waals surface area contributed by atoms with Gasteiger partial charge in [-0.2, -0.15) is 0 Å². The molecule has 0 aromatic carbocycles. The topological polar surface area (TPSA) is 71.2 Å². The number of hydrogen-bond donors (Lipinski definition) is 1. The summed E-state index contributed by atoms with van der Waals surface area (Å²) < 4.78 is 2.43. The van der Waals surface area contributed by atoms with Crippen molar-refractivity contribution in [3.8, 4) is 0 Å². The summed E-state index contributed by atoms with van der Waals surface area (Å²) in [5.41, 5.74) is -0.0107. The van der Waals surface area contributed by atoms with Crippen LogP contribution >= 0.6 is 22.9 Å². The molecule has 1 aliphatic rings. The van der Waals surface area contributed by atoms with Crippen molar-refractivity contribution in [2.75, 3.05) is 13.1 Å². The number of carbonyl (C=O) groups is 1. The first-order valence-corrected chi connectivity index (χ1v) is 6.93. The summed E-state index contributed by atoms with van der Waals surface area (Å²) in [5.74, 6) is -1.05. The summed E-state index contributed by atoms with van der Waals surface area (Å²) in [6.45, 7) is 2.56. The summed E-state index contributed by atoms with van der Waals surface area (Å²) in [4.78, 5) is 14.2. The second-order valence-electron chi connectivity index (χ2n) is 4.44. The molecule has 0 amide bonds. The summed E-state index contributed by atoms with van der Waals surface area (Å²) in [6, 6.07) is 4.13. The number of carboxylic acid groups (broad SMARTS) is 1. The van der Waals surface area contributed by atoms with Crippen LogP contribution in [0.25, 0.3) is 0 Å². The van der Waals surface area contributed by atoms with Gasteiger partial charge in [-0.05, 0) is 12.1 Å². The number of halogens is 1. The molecule has 0 saturated carbocycles. The van der Waals surface area contributed by atoms with Crippen molar-refractivity contribution >= 4 is 28.9 Å². The molecule has 3 rings (SSSR count). The van der Waals surface area contributed by atoms with Crippen molar-refractivity contribution in [2.24, 2.45) is 0 Å². The van der Waals surface area contributed by atoms with Crippen LogP contribution in [0.15, 0.2) is 18.3 Å². The van der Waals surface area contributed by atoms with Crippen LogP contribution in [0.5, 0.6) is 0 Å². The van der Waals surface area contributed by atoms with E-state index in [4.69, 9.17) is 16.7 Å². The van der Waals surface area contributed by atoms with E-state index in [2.05, 4.69) is 15.2 Å². The quantitative estimate of drug-likeness (QED) is 0.931. The SMILES string of the molecule is O=C(O)c1cn(C2CN(Cc3ccc(Cl)s3)C2)nn1. The Morgan fingerprint density at radius 3 is 2.89 bits per heavy atom. The Balaban J connectivity index is 1.55. The highest BCUT2D eigenvalue weighted by atomic mass is 35.5. The van der Waals surface area contributed by atoms with Gasteiger partial charge in [0.2, 0.25) is 0 Å². The van der Waals surface area contributed by atoms with Gasteiger partial charge in [0.25, 0.3) is 0 Å². The number of rotatable bonds is 4. The molecule has 1 saturated heterocycles. The van der Waals surface area contributed by atoms with Crippen LogP contribution in [0, 0.1) is 0 Å². The van der Waals surface area contributed by atoms with Crippen LogP contribution in [-0.2, 0) is 6.54 Å². The van der Waals surface area contributed by atoms with E-state index in [0.29, 0.717) is 0 Å². The lowest BCUT2D eigenvalue weighted by atomic mass is 10.1. The second-order valence-corrected chi connectivity index (χ2v) is 6.24. The van der Waals surface area contributed by atoms with E-state index in [1.165, 1.54) is 11.1 Å². The van der Waals surface area contributed by atoms with Crippen molar-refractivity contribution in [1.82, 2.24) is 19.9 Å². The largest absolute Gasteiger partial charge is 0.476 e. The highest BCUT2D eigenvalue weighted by Gasteiger charge is 2.29. The molecule has 0 unspecified atom stereocenters. The van der Waals surface area contributed by atoms with Gasteiger partial charge in [0, 0.05) is 24.5 Å². The first-order chi connectivity index (χ1) is 9.11. The smallest absolute Gasteiger partial charge is 0.358 e. The van der Waals surface area contributed by atoms with E-state index in [0.717, 1.165) is 24.0 Å². The molecule has 19 heavy (non-hydrogen) atoms. The summed E-state index contributed by atoms with van der Waals surface area (Å²) >= 11 is 7.47. The lowest BCUT2D eigenvalue weighted by Gasteiger charge is -2.38. The van der Waals surface area contributed by atoms with E-state index in [9.17, 15) is 4.79 Å². The van der Waals surface area contributed by atoms with Gasteiger partial charge < -0.3 is 5.11 Å². The monoisotopic (exact) mass is 298 g/mol. The highest BCUT2D eigenvalue weighted by molar-refractivity contribution is 7.16. The van der Waals surface area contributed by atoms with Crippen LogP contribution < -0.4 is 0 Å². The van der Waals surface area contributed by atoms with E-state index in [1.54, 1.807) is 16.0 Å². The molecule has 100 valence electrons. The second kappa shape index (κ2) is 4.92. The maximum atomic E-state index is 10.7. The van der Waals surface area contributed by atoms with E-state index in [1.807, 2.05) is 12.1 Å². The molecule has 2 aromatic rings. The van der Waals surface area contributed by atoms with Crippen LogP contribution in [0.2, 0.25) is 4.34 Å². The lowest BCUT2D eigenvalue weighted by molar-refractivity contribution is 0.0690. The van der Waals surface area contributed by atoms with Crippen LogP contribution in [0.3, 0.4) is 0 Å². The number of thiophene rings is 1. The van der Waals surface area contributed by atoms with Gasteiger partial charge in [0.15, 0.2) is 5.69 Å². The Labute approximate surface area is 118 Å². The molecule has 0 aliphatic carbocycles. The Bertz CT molecular complexity index is 605. The van der Waals surface area contributed by atoms with Crippen molar-refractivity contribution in [2.45, 2.75) is 12.6 Å². The first kappa shape index (κ1) is 12.6. The van der Waals surface area contributed by atoms with E-state index < -0.39 is 5.97 Å². The van der Waals surface area contributed by atoms with Gasteiger partial charge in [-0.3, -0.25) is 4.90 Å². The first-order valence-electron chi connectivity index (χ1n) is 5.73. The highest BCUT2D eigenvalue weighted by Crippen LogP contribution is 2.27. The van der Waals surface area contributed by atoms with Crippen LogP contribution in [-0.4, -0.2) is 44.1 Å². The van der Waals surface area contributed by atoms with Gasteiger partial charge in [-0.15, -0.1) is 16.4 Å². The van der Waals surface area contributed by atoms with Crippen molar-refractivity contribution in [1.29, 1.82) is 0 Å². The molecule has 1 aliphatic heterocycles. The number of nitrogens with zero attached hydrogens (tertiary/aromatic N) is 4. The third kappa shape index (κ3) is 2.63.